The van der Waals surface area contributed by atoms with Crippen LogP contribution in [0.15, 0.2) is 109 Å². The summed E-state index contributed by atoms with van der Waals surface area (Å²) in [6, 6.07) is 36.8. The number of nitrogens with one attached hydrogen (secondary N) is 1. The fourth-order valence-electron chi connectivity index (χ4n) is 4.07. The molecule has 5 rings (SSSR count). The first-order valence-corrected chi connectivity index (χ1v) is 11.2. The maximum Gasteiger partial charge on any atom is 0.224 e. The van der Waals surface area contributed by atoms with Crippen molar-refractivity contribution in [3.05, 3.63) is 126 Å². The van der Waals surface area contributed by atoms with Crippen molar-refractivity contribution in [3.63, 3.8) is 0 Å². The van der Waals surface area contributed by atoms with E-state index in [1.165, 1.54) is 11.1 Å². The molecule has 0 aliphatic heterocycles. The highest BCUT2D eigenvalue weighted by Gasteiger charge is 2.12. The van der Waals surface area contributed by atoms with Crippen LogP contribution >= 0.6 is 0 Å². The van der Waals surface area contributed by atoms with Gasteiger partial charge in [0.1, 0.15) is 5.82 Å². The molecule has 0 aliphatic carbocycles. The molecule has 0 bridgehead atoms. The van der Waals surface area contributed by atoms with Gasteiger partial charge in [-0.3, -0.25) is 4.79 Å². The minimum absolute atomic E-state index is 0.0132. The largest absolute Gasteiger partial charge is 0.349 e. The predicted molar refractivity (Wildman–Crippen MR) is 133 cm³/mol. The van der Waals surface area contributed by atoms with Crippen LogP contribution in [0.4, 0.5) is 0 Å². The maximum atomic E-state index is 12.7. The molecular weight excluding hydrogens is 406 g/mol. The van der Waals surface area contributed by atoms with E-state index in [2.05, 4.69) is 52.3 Å². The van der Waals surface area contributed by atoms with Gasteiger partial charge in [0, 0.05) is 6.54 Å². The average molecular weight is 432 g/mol. The van der Waals surface area contributed by atoms with Gasteiger partial charge in [-0.15, -0.1) is 0 Å². The van der Waals surface area contributed by atoms with Crippen molar-refractivity contribution >= 4 is 16.9 Å². The first kappa shape index (κ1) is 20.7. The molecule has 0 fully saturated rings. The first-order chi connectivity index (χ1) is 16.3. The van der Waals surface area contributed by atoms with Gasteiger partial charge in [-0.05, 0) is 34.4 Å². The Hall–Kier alpha value is -4.18. The number of aromatic nitrogens is 2. The summed E-state index contributed by atoms with van der Waals surface area (Å²) in [5, 5.41) is 3.06. The number of imidazole rings is 1. The third-order valence-electron chi connectivity index (χ3n) is 5.79. The summed E-state index contributed by atoms with van der Waals surface area (Å²) in [6.45, 7) is 1.11. The van der Waals surface area contributed by atoms with Crippen LogP contribution in [-0.4, -0.2) is 15.5 Å². The molecule has 0 radical (unpaired) electrons. The molecule has 1 heterocycles. The second-order valence-corrected chi connectivity index (χ2v) is 8.10. The summed E-state index contributed by atoms with van der Waals surface area (Å²) in [4.78, 5) is 17.5. The maximum absolute atomic E-state index is 12.7. The number of nitrogens with zero attached hydrogens (tertiary/aromatic N) is 2. The summed E-state index contributed by atoms with van der Waals surface area (Å²) in [5.74, 6) is 0.841. The third-order valence-corrected chi connectivity index (χ3v) is 5.79. The van der Waals surface area contributed by atoms with Crippen LogP contribution in [0.25, 0.3) is 22.2 Å². The van der Waals surface area contributed by atoms with Crippen LogP contribution in [0.3, 0.4) is 0 Å². The van der Waals surface area contributed by atoms with Gasteiger partial charge in [-0.25, -0.2) is 4.98 Å². The van der Waals surface area contributed by atoms with Crippen molar-refractivity contribution in [3.8, 4) is 11.1 Å². The topological polar surface area (TPSA) is 46.9 Å². The second kappa shape index (κ2) is 9.53. The van der Waals surface area contributed by atoms with Gasteiger partial charge < -0.3 is 9.88 Å². The highest BCUT2D eigenvalue weighted by Crippen LogP contribution is 2.20. The van der Waals surface area contributed by atoms with Gasteiger partial charge in [0.2, 0.25) is 5.91 Å². The Labute approximate surface area is 193 Å². The number of hydrogen-bond donors (Lipinski definition) is 1. The zero-order valence-electron chi connectivity index (χ0n) is 18.3. The molecule has 0 atom stereocenters. The Morgan fingerprint density at radius 2 is 1.33 bits per heavy atom. The molecule has 33 heavy (non-hydrogen) atoms. The Bertz CT molecular complexity index is 1360. The minimum Gasteiger partial charge on any atom is -0.349 e. The number of carbonyl (C=O) groups is 1. The van der Waals surface area contributed by atoms with E-state index in [-0.39, 0.29) is 5.91 Å². The van der Waals surface area contributed by atoms with E-state index in [9.17, 15) is 4.79 Å². The molecule has 0 spiro atoms. The van der Waals surface area contributed by atoms with E-state index >= 15 is 0 Å². The predicted octanol–water partition coefficient (Wildman–Crippen LogP) is 5.61. The number of amides is 1. The molecule has 5 aromatic rings. The zero-order valence-corrected chi connectivity index (χ0v) is 18.3. The molecule has 0 saturated carbocycles. The fraction of sp³-hybridized carbons (Fsp3) is 0.103. The van der Waals surface area contributed by atoms with Crippen molar-refractivity contribution in [1.29, 1.82) is 0 Å². The summed E-state index contributed by atoms with van der Waals surface area (Å²) in [6.07, 6.45) is 0.341. The average Bonchev–Trinajstić information content (AvgIpc) is 3.22. The lowest BCUT2D eigenvalue weighted by Gasteiger charge is -2.11. The molecule has 162 valence electrons. The van der Waals surface area contributed by atoms with Crippen LogP contribution < -0.4 is 5.32 Å². The summed E-state index contributed by atoms with van der Waals surface area (Å²) in [7, 11) is 0. The lowest BCUT2D eigenvalue weighted by atomic mass is 10.0. The van der Waals surface area contributed by atoms with Gasteiger partial charge >= 0.3 is 0 Å². The molecule has 4 heteroatoms. The van der Waals surface area contributed by atoms with Crippen LogP contribution in [0, 0.1) is 0 Å². The minimum atomic E-state index is -0.0132. The number of para-hydroxylation sites is 2. The Kier molecular flexibility index (Phi) is 5.98. The SMILES string of the molecule is O=C(Cc1ccc(-c2ccccc2)cc1)NCc1nc2ccccc2n1Cc1ccccc1. The Morgan fingerprint density at radius 1 is 0.697 bits per heavy atom. The van der Waals surface area contributed by atoms with E-state index in [4.69, 9.17) is 4.98 Å². The number of benzene rings is 4. The van der Waals surface area contributed by atoms with Crippen LogP contribution in [0.2, 0.25) is 0 Å². The third kappa shape index (κ3) is 4.85. The fourth-order valence-corrected chi connectivity index (χ4v) is 4.07. The van der Waals surface area contributed by atoms with Crippen molar-refractivity contribution in [2.45, 2.75) is 19.5 Å². The van der Waals surface area contributed by atoms with Crippen molar-refractivity contribution < 1.29 is 4.79 Å². The normalized spacial score (nSPS) is 10.9. The summed E-state index contributed by atoms with van der Waals surface area (Å²) >= 11 is 0. The van der Waals surface area contributed by atoms with Crippen molar-refractivity contribution in [2.75, 3.05) is 0 Å². The molecule has 4 aromatic carbocycles. The van der Waals surface area contributed by atoms with Crippen LogP contribution in [0.1, 0.15) is 17.0 Å². The van der Waals surface area contributed by atoms with Crippen molar-refractivity contribution in [1.82, 2.24) is 14.9 Å². The van der Waals surface area contributed by atoms with E-state index < -0.39 is 0 Å². The van der Waals surface area contributed by atoms with E-state index in [1.807, 2.05) is 66.7 Å². The van der Waals surface area contributed by atoms with E-state index in [1.54, 1.807) is 0 Å². The number of fused-ring (bicyclic) bond motifs is 1. The molecular formula is C29H25N3O. The Balaban J connectivity index is 1.28. The lowest BCUT2D eigenvalue weighted by molar-refractivity contribution is -0.120. The number of rotatable bonds is 7. The van der Waals surface area contributed by atoms with Gasteiger partial charge in [-0.2, -0.15) is 0 Å². The molecule has 1 aromatic heterocycles. The summed E-state index contributed by atoms with van der Waals surface area (Å²) in [5.41, 5.74) is 6.52. The zero-order chi connectivity index (χ0) is 22.5. The first-order valence-electron chi connectivity index (χ1n) is 11.2. The molecule has 0 unspecified atom stereocenters. The van der Waals surface area contributed by atoms with E-state index in [0.717, 1.165) is 28.0 Å². The standard InChI is InChI=1S/C29H25N3O/c33-29(19-22-15-17-25(18-16-22)24-11-5-2-6-12-24)30-20-28-31-26-13-7-8-14-27(26)32(28)21-23-9-3-1-4-10-23/h1-18H,19-21H2,(H,30,33). The van der Waals surface area contributed by atoms with Gasteiger partial charge in [0.05, 0.1) is 24.0 Å². The lowest BCUT2D eigenvalue weighted by Crippen LogP contribution is -2.26. The molecule has 1 N–H and O–H groups in total. The summed E-state index contributed by atoms with van der Waals surface area (Å²) < 4.78 is 2.18. The molecule has 0 saturated heterocycles. The Morgan fingerprint density at radius 3 is 2.09 bits per heavy atom. The second-order valence-electron chi connectivity index (χ2n) is 8.10. The monoisotopic (exact) mass is 431 g/mol. The van der Waals surface area contributed by atoms with Gasteiger partial charge in [0.25, 0.3) is 0 Å². The number of hydrogen-bond acceptors (Lipinski definition) is 2. The van der Waals surface area contributed by atoms with Crippen LogP contribution in [-0.2, 0) is 24.3 Å². The molecule has 1 amide bonds. The van der Waals surface area contributed by atoms with Crippen molar-refractivity contribution in [2.24, 2.45) is 0 Å². The number of carbonyl (C=O) groups excluding carboxylic acids is 1. The highest BCUT2D eigenvalue weighted by molar-refractivity contribution is 5.79. The quantitative estimate of drug-likeness (QED) is 0.364. The van der Waals surface area contributed by atoms with Crippen LogP contribution in [0.5, 0.6) is 0 Å². The van der Waals surface area contributed by atoms with E-state index in [0.29, 0.717) is 19.5 Å². The highest BCUT2D eigenvalue weighted by atomic mass is 16.1. The van der Waals surface area contributed by atoms with Gasteiger partial charge in [0.15, 0.2) is 0 Å². The smallest absolute Gasteiger partial charge is 0.224 e. The molecule has 4 nitrogen and oxygen atoms in total. The van der Waals surface area contributed by atoms with Gasteiger partial charge in [-0.1, -0.05) is 97.1 Å². The molecule has 0 aliphatic rings.